The van der Waals surface area contributed by atoms with Gasteiger partial charge >= 0.3 is 17.9 Å². The second-order valence-electron chi connectivity index (χ2n) is 20.6. The Hall–Kier alpha value is -2.58. The molecule has 19 atom stereocenters. The highest BCUT2D eigenvalue weighted by Crippen LogP contribution is 2.75. The minimum Gasteiger partial charge on any atom is -0.481 e. The lowest BCUT2D eigenvalue weighted by molar-refractivity contribution is -0.371. The number of ketones is 1. The number of ether oxygens (including phenoxy) is 4. The van der Waals surface area contributed by atoms with Gasteiger partial charge in [-0.25, -0.2) is 9.59 Å². The Morgan fingerprint density at radius 3 is 1.86 bits per heavy atom. The summed E-state index contributed by atoms with van der Waals surface area (Å²) in [7, 11) is 0. The summed E-state index contributed by atoms with van der Waals surface area (Å²) in [6.45, 7) is 14.8. The fourth-order valence-electron chi connectivity index (χ4n) is 13.4. The molecule has 6 fully saturated rings. The van der Waals surface area contributed by atoms with E-state index in [1.807, 2.05) is 26.8 Å². The maximum absolute atomic E-state index is 14.8. The van der Waals surface area contributed by atoms with E-state index in [1.165, 1.54) is 0 Å². The number of carboxylic acid groups (broad SMARTS) is 3. The molecule has 2 saturated heterocycles. The molecule has 0 unspecified atom stereocenters. The van der Waals surface area contributed by atoms with E-state index in [-0.39, 0.29) is 40.5 Å². The Morgan fingerprint density at radius 1 is 0.695 bits per heavy atom. The van der Waals surface area contributed by atoms with Gasteiger partial charge in [-0.2, -0.15) is 0 Å². The van der Waals surface area contributed by atoms with Crippen molar-refractivity contribution < 1.29 is 79.0 Å². The van der Waals surface area contributed by atoms with E-state index in [0.717, 1.165) is 37.7 Å². The topological polar surface area (TPSA) is 302 Å². The Bertz CT molecular complexity index is 1740. The largest absolute Gasteiger partial charge is 0.481 e. The molecule has 5 aliphatic carbocycles. The van der Waals surface area contributed by atoms with Crippen LogP contribution in [-0.2, 0) is 38.1 Å². The lowest BCUT2D eigenvalue weighted by atomic mass is 9.33. The first-order chi connectivity index (χ1) is 26.8. The maximum atomic E-state index is 14.8. The number of allylic oxidation sites excluding steroid dienone is 2. The third-order valence-corrected chi connectivity index (χ3v) is 17.2. The summed E-state index contributed by atoms with van der Waals surface area (Å²) in [6, 6.07) is 0. The van der Waals surface area contributed by atoms with Gasteiger partial charge in [-0.1, -0.05) is 47.1 Å². The van der Waals surface area contributed by atoms with E-state index in [9.17, 15) is 60.0 Å². The molecule has 7 rings (SSSR count). The molecule has 0 aromatic rings. The first-order valence-corrected chi connectivity index (χ1v) is 20.7. The molecule has 0 bridgehead atoms. The minimum absolute atomic E-state index is 0. The fourth-order valence-corrected chi connectivity index (χ4v) is 13.4. The predicted molar refractivity (Wildman–Crippen MR) is 204 cm³/mol. The van der Waals surface area contributed by atoms with Crippen molar-refractivity contribution in [2.24, 2.45) is 50.2 Å². The molecule has 2 aliphatic heterocycles. The van der Waals surface area contributed by atoms with Crippen LogP contribution in [0.4, 0.5) is 0 Å². The van der Waals surface area contributed by atoms with Crippen LogP contribution in [0.5, 0.6) is 0 Å². The van der Waals surface area contributed by atoms with Crippen molar-refractivity contribution >= 4 is 23.7 Å². The van der Waals surface area contributed by atoms with Crippen LogP contribution in [0, 0.1) is 50.2 Å². The molecule has 11 N–H and O–H groups in total. The molecule has 4 saturated carbocycles. The highest BCUT2D eigenvalue weighted by Gasteiger charge is 2.71. The van der Waals surface area contributed by atoms with Crippen molar-refractivity contribution in [3.05, 3.63) is 11.6 Å². The van der Waals surface area contributed by atoms with Crippen LogP contribution in [0.2, 0.25) is 0 Å². The van der Waals surface area contributed by atoms with Crippen LogP contribution in [0.3, 0.4) is 0 Å². The van der Waals surface area contributed by atoms with Gasteiger partial charge in [-0.05, 0) is 110 Å². The van der Waals surface area contributed by atoms with Gasteiger partial charge in [0.05, 0.1) is 11.5 Å². The molecule has 334 valence electrons. The van der Waals surface area contributed by atoms with Gasteiger partial charge in [0.25, 0.3) is 0 Å². The number of aliphatic carboxylic acids is 3. The molecular weight excluding hydrogens is 774 g/mol. The van der Waals surface area contributed by atoms with Crippen LogP contribution in [0.25, 0.3) is 0 Å². The summed E-state index contributed by atoms with van der Waals surface area (Å²) >= 11 is 0. The zero-order chi connectivity index (χ0) is 42.9. The molecule has 59 heavy (non-hydrogen) atoms. The summed E-state index contributed by atoms with van der Waals surface area (Å²) in [4.78, 5) is 51.3. The van der Waals surface area contributed by atoms with Crippen molar-refractivity contribution in [2.45, 2.75) is 174 Å². The average molecular weight is 840 g/mol. The van der Waals surface area contributed by atoms with E-state index < -0.39 is 107 Å². The van der Waals surface area contributed by atoms with E-state index >= 15 is 0 Å². The molecule has 0 aromatic heterocycles. The van der Waals surface area contributed by atoms with Gasteiger partial charge in [0.15, 0.2) is 30.6 Å². The zero-order valence-corrected chi connectivity index (χ0v) is 35.1. The summed E-state index contributed by atoms with van der Waals surface area (Å²) in [5.74, 6) is -4.47. The van der Waals surface area contributed by atoms with Gasteiger partial charge in [0, 0.05) is 5.92 Å². The number of carbonyl (C=O) groups excluding carboxylic acids is 1. The molecule has 7 aliphatic rings. The molecule has 2 heterocycles. The number of carbonyl (C=O) groups is 4. The van der Waals surface area contributed by atoms with E-state index in [0.29, 0.717) is 25.7 Å². The number of carboxylic acids is 3. The molecular formula is C42H65NO16. The molecule has 0 spiro atoms. The highest BCUT2D eigenvalue weighted by molar-refractivity contribution is 5.95. The van der Waals surface area contributed by atoms with Gasteiger partial charge < -0.3 is 66.0 Å². The number of aliphatic hydroxyl groups excluding tert-OH is 5. The van der Waals surface area contributed by atoms with E-state index in [4.69, 9.17) is 18.9 Å². The summed E-state index contributed by atoms with van der Waals surface area (Å²) in [5.41, 5.74) is -1.81. The van der Waals surface area contributed by atoms with Crippen LogP contribution in [0.15, 0.2) is 11.6 Å². The smallest absolute Gasteiger partial charge is 0.335 e. The fraction of sp³-hybridized carbons (Fsp3) is 0.857. The molecule has 0 amide bonds. The molecule has 0 radical (unpaired) electrons. The summed E-state index contributed by atoms with van der Waals surface area (Å²) in [6.07, 6.45) is -12.2. The quantitative estimate of drug-likeness (QED) is 0.166. The van der Waals surface area contributed by atoms with E-state index in [2.05, 4.69) is 27.7 Å². The maximum Gasteiger partial charge on any atom is 0.335 e. The van der Waals surface area contributed by atoms with Gasteiger partial charge in [-0.15, -0.1) is 0 Å². The molecule has 17 heteroatoms. The number of aliphatic hydroxyl groups is 5. The van der Waals surface area contributed by atoms with Crippen LogP contribution in [-0.4, -0.2) is 132 Å². The Kier molecular flexibility index (Phi) is 11.7. The monoisotopic (exact) mass is 839 g/mol. The number of hydrogen-bond acceptors (Lipinski definition) is 14. The lowest BCUT2D eigenvalue weighted by Crippen LogP contribution is -2.68. The Labute approximate surface area is 344 Å². The van der Waals surface area contributed by atoms with Gasteiger partial charge in [0.1, 0.15) is 36.6 Å². The van der Waals surface area contributed by atoms with Gasteiger partial charge in [0.2, 0.25) is 0 Å². The van der Waals surface area contributed by atoms with Crippen molar-refractivity contribution in [3.8, 4) is 0 Å². The van der Waals surface area contributed by atoms with E-state index in [1.54, 1.807) is 0 Å². The second kappa shape index (κ2) is 15.1. The number of hydrogen-bond donors (Lipinski definition) is 9. The third-order valence-electron chi connectivity index (χ3n) is 17.2. The molecule has 17 nitrogen and oxygen atoms in total. The van der Waals surface area contributed by atoms with Crippen molar-refractivity contribution in [3.63, 3.8) is 0 Å². The predicted octanol–water partition coefficient (Wildman–Crippen LogP) is 2.41. The minimum atomic E-state index is -2.05. The average Bonchev–Trinajstić information content (AvgIpc) is 3.13. The van der Waals surface area contributed by atoms with Crippen molar-refractivity contribution in [1.82, 2.24) is 6.15 Å². The standard InChI is InChI=1S/C42H62O16.H3N/c1-37(2)21-8-11-42(7)31(20(43)16-18-19-17-39(4,36(53)54)13-12-38(19,3)14-15-41(18,42)6)40(21,5)10-9-22(37)55-35-30(26(47)25(46)29(57-35)33(51)52)58-34-27(48)23(44)24(45)28(56-34)32(49)50;/h16,19,21-31,34-35,44-48H,8-15,17H2,1-7H3,(H,49,50)(H,51,52)(H,53,54);1H3/t19-,21+,22+,23-,24-,25+,26+,27+,28-,29+,30-,31-,34-,35+,38-,39+,40+,41-,42-;/m1./s1. The second-order valence-corrected chi connectivity index (χ2v) is 20.6. The van der Waals surface area contributed by atoms with Crippen LogP contribution >= 0.6 is 0 Å². The SMILES string of the molecule is CC1(C)[C@@H](O[C@H]2O[C@H](C(=O)O)[C@@H](O)[C@H](O)[C@H]2O[C@H]2O[C@@H](C(=O)O)[C@H](O)[C@@H](O)[C@@H]2O)CC[C@]2(C)[C@H]3C(=O)C=C4[C@H]5C[C@@](C)(C(=O)O)CC[C@]5(C)CC[C@@]4(C)[C@]3(C)CC[C@@H]12.N. The molecule has 0 aromatic carbocycles. The third kappa shape index (κ3) is 6.72. The lowest BCUT2D eigenvalue weighted by Gasteiger charge is -2.70. The number of rotatable bonds is 7. The summed E-state index contributed by atoms with van der Waals surface area (Å²) in [5, 5.41) is 83.0. The summed E-state index contributed by atoms with van der Waals surface area (Å²) < 4.78 is 23.4. The van der Waals surface area contributed by atoms with Gasteiger partial charge in [-0.3, -0.25) is 9.59 Å². The Balaban J connectivity index is 0.00000585. The Morgan fingerprint density at radius 2 is 1.27 bits per heavy atom. The van der Waals surface area contributed by atoms with Crippen LogP contribution in [0.1, 0.15) is 106 Å². The first-order valence-electron chi connectivity index (χ1n) is 20.7. The van der Waals surface area contributed by atoms with Crippen LogP contribution < -0.4 is 6.15 Å². The normalized spacial score (nSPS) is 51.7. The number of fused-ring (bicyclic) bond motifs is 7. The van der Waals surface area contributed by atoms with Crippen molar-refractivity contribution in [1.29, 1.82) is 0 Å². The first kappa shape index (κ1) is 45.9. The zero-order valence-electron chi connectivity index (χ0n) is 35.1. The van der Waals surface area contributed by atoms with Crippen molar-refractivity contribution in [2.75, 3.05) is 0 Å². The highest BCUT2D eigenvalue weighted by atomic mass is 16.8.